The van der Waals surface area contributed by atoms with Crippen molar-refractivity contribution in [1.82, 2.24) is 15.3 Å². The zero-order chi connectivity index (χ0) is 27.6. The third kappa shape index (κ3) is 5.64. The number of fused-ring (bicyclic) bond motifs is 3. The average Bonchev–Trinajstić information content (AvgIpc) is 2.85. The van der Waals surface area contributed by atoms with Crippen molar-refractivity contribution in [2.75, 3.05) is 10.5 Å². The second kappa shape index (κ2) is 10.3. The van der Waals surface area contributed by atoms with Gasteiger partial charge in [-0.15, -0.1) is 0 Å². The van der Waals surface area contributed by atoms with E-state index in [9.17, 15) is 32.7 Å². The maximum Gasteiger partial charge on any atom is 0.326 e. The van der Waals surface area contributed by atoms with Gasteiger partial charge in [0.25, 0.3) is 21.5 Å². The maximum atomic E-state index is 13.0. The molecule has 1 atom stereocenters. The molecular formula is C24H23N5O8S. The van der Waals surface area contributed by atoms with Crippen LogP contribution in [-0.4, -0.2) is 52.5 Å². The number of rotatable bonds is 9. The topological polar surface area (TPSA) is 222 Å². The van der Waals surface area contributed by atoms with Crippen molar-refractivity contribution in [2.45, 2.75) is 36.6 Å². The van der Waals surface area contributed by atoms with E-state index in [2.05, 4.69) is 20.0 Å². The number of nitrogens with one attached hydrogen (secondary N) is 3. The van der Waals surface area contributed by atoms with E-state index >= 15 is 0 Å². The molecule has 0 bridgehead atoms. The number of carbonyl (C=O) groups excluding carboxylic acids is 1. The SMILES string of the molecule is Nc1nc2c(c(=O)[nH]1)-c1ccc(S(=O)(=O)Nc3ccc(C(=O)N[C@@H](CCC(=O)O)C(=O)O)cc3)cc1CC2. The van der Waals surface area contributed by atoms with Crippen molar-refractivity contribution in [3.05, 3.63) is 69.6 Å². The van der Waals surface area contributed by atoms with Gasteiger partial charge in [0.2, 0.25) is 5.95 Å². The number of carboxylic acid groups (broad SMARTS) is 2. The molecule has 1 aliphatic rings. The lowest BCUT2D eigenvalue weighted by molar-refractivity contribution is -0.140. The molecule has 7 N–H and O–H groups in total. The summed E-state index contributed by atoms with van der Waals surface area (Å²) >= 11 is 0. The molecular weight excluding hydrogens is 518 g/mol. The summed E-state index contributed by atoms with van der Waals surface area (Å²) in [6.07, 6.45) is 0.167. The highest BCUT2D eigenvalue weighted by atomic mass is 32.2. The number of hydrogen-bond acceptors (Lipinski definition) is 8. The number of carbonyl (C=O) groups is 3. The molecule has 4 rings (SSSR count). The third-order valence-corrected chi connectivity index (χ3v) is 7.33. The molecule has 38 heavy (non-hydrogen) atoms. The highest BCUT2D eigenvalue weighted by Crippen LogP contribution is 2.32. The minimum absolute atomic E-state index is 0.0176. The fourth-order valence-corrected chi connectivity index (χ4v) is 5.22. The van der Waals surface area contributed by atoms with E-state index in [0.717, 1.165) is 0 Å². The van der Waals surface area contributed by atoms with Crippen LogP contribution in [0.5, 0.6) is 0 Å². The first-order valence-electron chi connectivity index (χ1n) is 11.3. The zero-order valence-corrected chi connectivity index (χ0v) is 20.5. The number of H-pyrrole nitrogens is 1. The molecule has 13 nitrogen and oxygen atoms in total. The van der Waals surface area contributed by atoms with E-state index in [1.165, 1.54) is 36.4 Å². The van der Waals surface area contributed by atoms with E-state index in [0.29, 0.717) is 35.2 Å². The molecule has 0 saturated heterocycles. The molecule has 0 saturated carbocycles. The molecule has 198 valence electrons. The Bertz CT molecular complexity index is 1600. The van der Waals surface area contributed by atoms with Gasteiger partial charge in [-0.1, -0.05) is 6.07 Å². The van der Waals surface area contributed by atoms with Crippen LogP contribution in [0.2, 0.25) is 0 Å². The Morgan fingerprint density at radius 1 is 1.08 bits per heavy atom. The van der Waals surface area contributed by atoms with Crippen LogP contribution in [0.15, 0.2) is 52.2 Å². The Morgan fingerprint density at radius 2 is 1.79 bits per heavy atom. The number of aromatic amines is 1. The number of aryl methyl sites for hydroxylation is 2. The normalized spacial score (nSPS) is 13.1. The number of sulfonamides is 1. The number of anilines is 2. The standard InChI is InChI=1S/C24H23N5O8S/c25-24-27-17-8-3-13-11-15(6-7-16(13)20(17)22(33)28-24)38(36,37)29-14-4-1-12(2-5-14)21(32)26-18(23(34)35)9-10-19(30)31/h1-2,4-7,11,18,29H,3,8-10H2,(H,26,32)(H,30,31)(H,34,35)(H3,25,27,28,33)/t18-/m0/s1. The lowest BCUT2D eigenvalue weighted by atomic mass is 9.89. The minimum atomic E-state index is -4.03. The first kappa shape index (κ1) is 26.3. The van der Waals surface area contributed by atoms with Crippen molar-refractivity contribution < 1.29 is 33.0 Å². The number of nitrogen functional groups attached to an aromatic ring is 1. The first-order valence-corrected chi connectivity index (χ1v) is 12.8. The number of nitrogens with zero attached hydrogens (tertiary/aromatic N) is 1. The zero-order valence-electron chi connectivity index (χ0n) is 19.7. The van der Waals surface area contributed by atoms with Gasteiger partial charge in [-0.2, -0.15) is 0 Å². The first-order chi connectivity index (χ1) is 17.9. The van der Waals surface area contributed by atoms with Crippen LogP contribution in [0.25, 0.3) is 11.1 Å². The number of benzene rings is 2. The Morgan fingerprint density at radius 3 is 2.45 bits per heavy atom. The van der Waals surface area contributed by atoms with Crippen molar-refractivity contribution in [2.24, 2.45) is 0 Å². The smallest absolute Gasteiger partial charge is 0.326 e. The molecule has 0 radical (unpaired) electrons. The second-order valence-corrected chi connectivity index (χ2v) is 10.3. The Labute approximate surface area is 215 Å². The van der Waals surface area contributed by atoms with Crippen molar-refractivity contribution in [1.29, 1.82) is 0 Å². The number of nitrogens with two attached hydrogens (primary N) is 1. The predicted molar refractivity (Wildman–Crippen MR) is 135 cm³/mol. The largest absolute Gasteiger partial charge is 0.481 e. The third-order valence-electron chi connectivity index (χ3n) is 5.95. The highest BCUT2D eigenvalue weighted by molar-refractivity contribution is 7.92. The number of carboxylic acids is 2. The van der Waals surface area contributed by atoms with Crippen LogP contribution in [-0.2, 0) is 32.5 Å². The van der Waals surface area contributed by atoms with Gasteiger partial charge in [0.15, 0.2) is 0 Å². The van der Waals surface area contributed by atoms with Crippen LogP contribution in [0.4, 0.5) is 11.6 Å². The van der Waals surface area contributed by atoms with E-state index < -0.39 is 45.9 Å². The van der Waals surface area contributed by atoms with Gasteiger partial charge in [-0.05, 0) is 66.8 Å². The quantitative estimate of drug-likeness (QED) is 0.225. The van der Waals surface area contributed by atoms with E-state index in [1.807, 2.05) is 0 Å². The van der Waals surface area contributed by atoms with Crippen LogP contribution in [0, 0.1) is 0 Å². The summed E-state index contributed by atoms with van der Waals surface area (Å²) in [4.78, 5) is 53.4. The van der Waals surface area contributed by atoms with Gasteiger partial charge in [0, 0.05) is 17.7 Å². The second-order valence-electron chi connectivity index (χ2n) is 8.57. The monoisotopic (exact) mass is 541 g/mol. The number of hydrogen-bond donors (Lipinski definition) is 6. The van der Waals surface area contributed by atoms with Gasteiger partial charge in [-0.3, -0.25) is 24.1 Å². The molecule has 1 amide bonds. The lowest BCUT2D eigenvalue weighted by Crippen LogP contribution is -2.41. The molecule has 0 spiro atoms. The highest BCUT2D eigenvalue weighted by Gasteiger charge is 2.25. The number of amides is 1. The summed E-state index contributed by atoms with van der Waals surface area (Å²) in [6, 6.07) is 8.30. The van der Waals surface area contributed by atoms with Crippen LogP contribution in [0.1, 0.15) is 34.5 Å². The van der Waals surface area contributed by atoms with Gasteiger partial charge in [0.05, 0.1) is 16.2 Å². The van der Waals surface area contributed by atoms with Crippen molar-refractivity contribution >= 4 is 39.5 Å². The predicted octanol–water partition coefficient (Wildman–Crippen LogP) is 0.966. The van der Waals surface area contributed by atoms with Crippen LogP contribution in [0.3, 0.4) is 0 Å². The van der Waals surface area contributed by atoms with Crippen LogP contribution >= 0.6 is 0 Å². The molecule has 0 unspecified atom stereocenters. The summed E-state index contributed by atoms with van der Waals surface area (Å²) in [6.45, 7) is 0. The molecule has 1 heterocycles. The molecule has 0 aliphatic heterocycles. The summed E-state index contributed by atoms with van der Waals surface area (Å²) in [5.74, 6) is -3.30. The van der Waals surface area contributed by atoms with Crippen molar-refractivity contribution in [3.63, 3.8) is 0 Å². The molecule has 14 heteroatoms. The summed E-state index contributed by atoms with van der Waals surface area (Å²) in [7, 11) is -4.03. The Kier molecular flexibility index (Phi) is 7.17. The number of aliphatic carboxylic acids is 2. The fraction of sp³-hybridized carbons (Fsp3) is 0.208. The summed E-state index contributed by atoms with van der Waals surface area (Å²) in [5, 5.41) is 20.2. The summed E-state index contributed by atoms with van der Waals surface area (Å²) < 4.78 is 28.4. The molecule has 2 aromatic carbocycles. The molecule has 1 aromatic heterocycles. The molecule has 3 aromatic rings. The molecule has 1 aliphatic carbocycles. The minimum Gasteiger partial charge on any atom is -0.481 e. The van der Waals surface area contributed by atoms with Gasteiger partial charge < -0.3 is 21.3 Å². The van der Waals surface area contributed by atoms with Crippen molar-refractivity contribution in [3.8, 4) is 11.1 Å². The van der Waals surface area contributed by atoms with E-state index in [1.54, 1.807) is 6.07 Å². The van der Waals surface area contributed by atoms with Crippen LogP contribution < -0.4 is 21.3 Å². The lowest BCUT2D eigenvalue weighted by Gasteiger charge is -2.19. The van der Waals surface area contributed by atoms with E-state index in [-0.39, 0.29) is 28.5 Å². The van der Waals surface area contributed by atoms with E-state index in [4.69, 9.17) is 10.8 Å². The average molecular weight is 542 g/mol. The maximum absolute atomic E-state index is 13.0. The van der Waals surface area contributed by atoms with Gasteiger partial charge >= 0.3 is 11.9 Å². The Balaban J connectivity index is 1.49. The van der Waals surface area contributed by atoms with Gasteiger partial charge in [0.1, 0.15) is 6.04 Å². The molecule has 0 fully saturated rings. The Hall–Kier alpha value is -4.72. The summed E-state index contributed by atoms with van der Waals surface area (Å²) in [5.41, 5.74) is 7.59. The van der Waals surface area contributed by atoms with Gasteiger partial charge in [-0.25, -0.2) is 18.2 Å². The fourth-order valence-electron chi connectivity index (χ4n) is 4.11. The number of aromatic nitrogens is 2.